The number of nitrogens with one attached hydrogen (secondary N) is 5. The van der Waals surface area contributed by atoms with Gasteiger partial charge in [0.25, 0.3) is 0 Å². The van der Waals surface area contributed by atoms with Gasteiger partial charge in [0.05, 0.1) is 53.3 Å². The second-order valence-electron chi connectivity index (χ2n) is 25.4. The van der Waals surface area contributed by atoms with Gasteiger partial charge in [0, 0.05) is 41.5 Å². The lowest BCUT2D eigenvalue weighted by atomic mass is 10.0. The fourth-order valence-electron chi connectivity index (χ4n) is 14.2. The van der Waals surface area contributed by atoms with Crippen molar-refractivity contribution in [2.45, 2.75) is 114 Å². The standard InChI is InChI=1S/C47H52N8O2.C28H31N5/c1-31-41(51-45(49-31)40-19-13-29-55(40)47(57)43(53(4)5)37-16-10-7-11-17-37)35-26-22-33(23-27-35)32-20-24-34(25-21-32)38-30-48-44(50-38)39-18-12-28-54(39)46(56)42(52(2)3)36-14-8-6-9-15-36;1-18-26(33-27(31-18)23-5-2-3-6-23)22-14-10-20(11-15-22)19-8-12-21(13-9-19)25-17-30-28(32-25)24-7-4-16-29-24/h6-11,14-17,20-27,30,39-40,42-43H,12-13,18-19,28-29H2,1-5H3,(H,48,50)(H,49,51);8-15,17,23-24,29H,2-7,16H2,1H3,(H,30,32)(H,31,33)/t39-,40-,42+,43+;24-/m00/s1. The first-order chi connectivity index (χ1) is 43.9. The molecule has 10 aromatic rings. The Morgan fingerprint density at radius 2 is 0.833 bits per heavy atom. The summed E-state index contributed by atoms with van der Waals surface area (Å²) in [5.41, 5.74) is 17.2. The molecular weight excluding hydrogens is 1110 g/mol. The number of amides is 2. The molecule has 7 heterocycles. The number of benzene rings is 6. The SMILES string of the molecule is Cc1[nH]c(C2CCCC2)nc1-c1ccc(-c2ccc(-c3cnc([C@@H]4CCCN4)[nH]3)cc2)cc1.Cc1[nH]c([C@@H]2CCCN2C(=O)[C@@H](c2ccccc2)N(C)C)nc1-c1ccc(-c2ccc(-c3cnc([C@@H]4CCCN4C(=O)[C@@H](c4ccccc4)N(C)C)[nH]3)cc2)cc1. The lowest BCUT2D eigenvalue weighted by Gasteiger charge is -2.31. The molecule has 3 aliphatic heterocycles. The summed E-state index contributed by atoms with van der Waals surface area (Å²) in [4.78, 5) is 69.5. The number of carbonyl (C=O) groups is 2. The van der Waals surface area contributed by atoms with E-state index in [1.54, 1.807) is 0 Å². The van der Waals surface area contributed by atoms with Crippen molar-refractivity contribution in [2.75, 3.05) is 47.8 Å². The highest BCUT2D eigenvalue weighted by atomic mass is 16.2. The van der Waals surface area contributed by atoms with Crippen LogP contribution in [0.1, 0.15) is 146 Å². The fourth-order valence-corrected chi connectivity index (χ4v) is 14.2. The average molecular weight is 1200 g/mol. The summed E-state index contributed by atoms with van der Waals surface area (Å²) in [6, 6.07) is 54.1. The number of aromatic amines is 4. The van der Waals surface area contributed by atoms with E-state index in [0.29, 0.717) is 12.0 Å². The van der Waals surface area contributed by atoms with Crippen molar-refractivity contribution in [1.82, 2.24) is 64.8 Å². The molecular formula is C75H83N13O2. The van der Waals surface area contributed by atoms with Gasteiger partial charge in [-0.05, 0) is 144 Å². The van der Waals surface area contributed by atoms with Crippen LogP contribution in [0.15, 0.2) is 170 Å². The average Bonchev–Trinajstić information content (AvgIpc) is 2.24. The smallest absolute Gasteiger partial charge is 0.245 e. The number of H-pyrrole nitrogens is 4. The molecule has 4 fully saturated rings. The van der Waals surface area contributed by atoms with Crippen molar-refractivity contribution in [2.24, 2.45) is 0 Å². The van der Waals surface area contributed by atoms with E-state index < -0.39 is 0 Å². The maximum Gasteiger partial charge on any atom is 0.245 e. The zero-order valence-electron chi connectivity index (χ0n) is 52.7. The van der Waals surface area contributed by atoms with Crippen molar-refractivity contribution < 1.29 is 9.59 Å². The van der Waals surface area contributed by atoms with E-state index in [2.05, 4.69) is 141 Å². The number of imidazole rings is 4. The van der Waals surface area contributed by atoms with E-state index in [1.807, 2.05) is 121 Å². The molecule has 1 aliphatic carbocycles. The number of aromatic nitrogens is 8. The second kappa shape index (κ2) is 26.6. The molecule has 0 spiro atoms. The highest BCUT2D eigenvalue weighted by Crippen LogP contribution is 2.40. The molecule has 2 amide bonds. The zero-order chi connectivity index (χ0) is 61.8. The summed E-state index contributed by atoms with van der Waals surface area (Å²) in [7, 11) is 7.85. The molecule has 0 unspecified atom stereocenters. The molecule has 4 aromatic heterocycles. The van der Waals surface area contributed by atoms with Gasteiger partial charge in [0.2, 0.25) is 11.8 Å². The number of likely N-dealkylation sites (N-methyl/N-ethyl adjacent to an activating group) is 2. The Balaban J connectivity index is 0.000000190. The molecule has 1 saturated carbocycles. The topological polar surface area (TPSA) is 174 Å². The summed E-state index contributed by atoms with van der Waals surface area (Å²) < 4.78 is 0. The Labute approximate surface area is 528 Å². The van der Waals surface area contributed by atoms with Gasteiger partial charge in [0.15, 0.2) is 0 Å². The number of likely N-dealkylation sites (tertiary alicyclic amines) is 2. The van der Waals surface area contributed by atoms with Crippen LogP contribution in [0.4, 0.5) is 0 Å². The lowest BCUT2D eigenvalue weighted by Crippen LogP contribution is -2.40. The molecule has 15 heteroatoms. The predicted molar refractivity (Wildman–Crippen MR) is 358 cm³/mol. The third-order valence-corrected chi connectivity index (χ3v) is 18.9. The number of rotatable bonds is 16. The van der Waals surface area contributed by atoms with Crippen LogP contribution in [0, 0.1) is 13.8 Å². The number of carbonyl (C=O) groups excluding carboxylic acids is 2. The summed E-state index contributed by atoms with van der Waals surface area (Å²) in [6.45, 7) is 6.71. The van der Waals surface area contributed by atoms with Gasteiger partial charge in [-0.15, -0.1) is 0 Å². The maximum atomic E-state index is 14.0. The van der Waals surface area contributed by atoms with Crippen molar-refractivity contribution in [1.29, 1.82) is 0 Å². The first kappa shape index (κ1) is 59.9. The molecule has 14 rings (SSSR count). The molecule has 3 saturated heterocycles. The van der Waals surface area contributed by atoms with Crippen LogP contribution in [0.2, 0.25) is 0 Å². The molecule has 15 nitrogen and oxygen atoms in total. The Bertz CT molecular complexity index is 4020. The van der Waals surface area contributed by atoms with Crippen molar-refractivity contribution in [3.05, 3.63) is 216 Å². The Hall–Kier alpha value is -9.02. The van der Waals surface area contributed by atoms with Gasteiger partial charge < -0.3 is 35.1 Å². The normalized spacial score (nSPS) is 18.4. The summed E-state index contributed by atoms with van der Waals surface area (Å²) >= 11 is 0. The quantitative estimate of drug-likeness (QED) is 0.0631. The van der Waals surface area contributed by atoms with Gasteiger partial charge in [0.1, 0.15) is 35.4 Å². The molecule has 6 aromatic carbocycles. The van der Waals surface area contributed by atoms with Gasteiger partial charge in [-0.25, -0.2) is 19.9 Å². The number of hydrogen-bond acceptors (Lipinski definition) is 9. The molecule has 4 aliphatic rings. The third-order valence-electron chi connectivity index (χ3n) is 18.9. The number of aryl methyl sites for hydroxylation is 2. The summed E-state index contributed by atoms with van der Waals surface area (Å²) in [6.07, 6.45) is 15.0. The highest BCUT2D eigenvalue weighted by Gasteiger charge is 2.39. The third kappa shape index (κ3) is 12.6. The van der Waals surface area contributed by atoms with Gasteiger partial charge in [-0.1, -0.05) is 171 Å². The van der Waals surface area contributed by atoms with Crippen LogP contribution in [0.5, 0.6) is 0 Å². The van der Waals surface area contributed by atoms with Crippen molar-refractivity contribution in [3.63, 3.8) is 0 Å². The molecule has 90 heavy (non-hydrogen) atoms. The molecule has 5 atom stereocenters. The molecule has 5 N–H and O–H groups in total. The lowest BCUT2D eigenvalue weighted by molar-refractivity contribution is -0.138. The zero-order valence-corrected chi connectivity index (χ0v) is 52.7. The molecule has 0 radical (unpaired) electrons. The first-order valence-electron chi connectivity index (χ1n) is 32.3. The largest absolute Gasteiger partial charge is 0.345 e. The Morgan fingerprint density at radius 1 is 0.433 bits per heavy atom. The van der Waals surface area contributed by atoms with Crippen molar-refractivity contribution >= 4 is 11.8 Å². The van der Waals surface area contributed by atoms with Crippen LogP contribution < -0.4 is 5.32 Å². The monoisotopic (exact) mass is 1200 g/mol. The summed E-state index contributed by atoms with van der Waals surface area (Å²) in [5, 5.41) is 3.50. The van der Waals surface area contributed by atoms with E-state index in [4.69, 9.17) is 15.0 Å². The fraction of sp³-hybridized carbons (Fsp3) is 0.333. The minimum absolute atomic E-state index is 0.0842. The van der Waals surface area contributed by atoms with Gasteiger partial charge in [-0.2, -0.15) is 0 Å². The van der Waals surface area contributed by atoms with Crippen LogP contribution in [-0.4, -0.2) is 119 Å². The van der Waals surface area contributed by atoms with E-state index in [-0.39, 0.29) is 36.0 Å². The highest BCUT2D eigenvalue weighted by molar-refractivity contribution is 5.85. The first-order valence-corrected chi connectivity index (χ1v) is 32.3. The van der Waals surface area contributed by atoms with Crippen LogP contribution in [-0.2, 0) is 9.59 Å². The Kier molecular flexibility index (Phi) is 17.7. The van der Waals surface area contributed by atoms with Crippen LogP contribution in [0.25, 0.3) is 67.3 Å². The Morgan fingerprint density at radius 3 is 1.28 bits per heavy atom. The van der Waals surface area contributed by atoms with E-state index >= 15 is 0 Å². The van der Waals surface area contributed by atoms with Crippen molar-refractivity contribution in [3.8, 4) is 67.3 Å². The second-order valence-corrected chi connectivity index (χ2v) is 25.4. The minimum Gasteiger partial charge on any atom is -0.345 e. The predicted octanol–water partition coefficient (Wildman–Crippen LogP) is 14.9. The maximum absolute atomic E-state index is 14.0. The van der Waals surface area contributed by atoms with E-state index in [1.165, 1.54) is 65.9 Å². The van der Waals surface area contributed by atoms with Gasteiger partial charge in [-0.3, -0.25) is 19.4 Å². The van der Waals surface area contributed by atoms with Crippen LogP contribution >= 0.6 is 0 Å². The molecule has 460 valence electrons. The van der Waals surface area contributed by atoms with E-state index in [9.17, 15) is 9.59 Å². The number of hydrogen-bond donors (Lipinski definition) is 5. The minimum atomic E-state index is -0.345. The van der Waals surface area contributed by atoms with Crippen LogP contribution in [0.3, 0.4) is 0 Å². The summed E-state index contributed by atoms with van der Waals surface area (Å²) in [5.74, 6) is 4.72. The number of nitrogens with zero attached hydrogens (tertiary/aromatic N) is 8. The van der Waals surface area contributed by atoms with Gasteiger partial charge >= 0.3 is 0 Å². The van der Waals surface area contributed by atoms with E-state index in [0.717, 1.165) is 131 Å². The molecule has 0 bridgehead atoms.